The maximum absolute atomic E-state index is 12.2. The molecule has 0 spiro atoms. The number of amides is 3. The molecule has 3 aromatic rings. The molecule has 0 radical (unpaired) electrons. The summed E-state index contributed by atoms with van der Waals surface area (Å²) in [4.78, 5) is 36.4. The highest BCUT2D eigenvalue weighted by Gasteiger charge is 2.13. The predicted octanol–water partition coefficient (Wildman–Crippen LogP) is 3.92. The summed E-state index contributed by atoms with van der Waals surface area (Å²) in [5, 5.41) is 9.14. The number of anilines is 2. The Balaban J connectivity index is 1.51. The molecule has 0 heterocycles. The van der Waals surface area contributed by atoms with Crippen LogP contribution < -0.4 is 20.8 Å². The molecule has 0 aliphatic rings. The number of carbonyl (C=O) groups is 3. The Hall–Kier alpha value is -4.46. The first kappa shape index (κ1) is 25.2. The van der Waals surface area contributed by atoms with Gasteiger partial charge in [0.05, 0.1) is 6.21 Å². The Morgan fingerprint density at radius 3 is 1.94 bits per heavy atom. The summed E-state index contributed by atoms with van der Waals surface area (Å²) in [5.74, 6) is -1.65. The second-order valence-corrected chi connectivity index (χ2v) is 7.63. The zero-order valence-electron chi connectivity index (χ0n) is 19.7. The second-order valence-electron chi connectivity index (χ2n) is 7.63. The Morgan fingerprint density at radius 2 is 1.34 bits per heavy atom. The number of ether oxygens (including phenoxy) is 1. The molecule has 3 amide bonds. The molecule has 3 N–H and O–H groups in total. The standard InChI is InChI=1S/C27H28N4O4/c1-3-19-9-13-22(14-10-19)29-25(32)18-35-24-8-6-5-7-21(24)17-28-31-27(34)26(33)30-23-15-11-20(4-2)12-16-23/h5-17H,3-4,18H2,1-2H3,(H,29,32)(H,30,33)(H,31,34)/b28-17-. The van der Waals surface area contributed by atoms with Crippen molar-refractivity contribution < 1.29 is 19.1 Å². The Bertz CT molecular complexity index is 1190. The van der Waals surface area contributed by atoms with Crippen molar-refractivity contribution in [2.24, 2.45) is 5.10 Å². The molecule has 8 heteroatoms. The van der Waals surface area contributed by atoms with Gasteiger partial charge in [0.25, 0.3) is 5.91 Å². The molecule has 180 valence electrons. The molecule has 0 atom stereocenters. The van der Waals surface area contributed by atoms with Crippen LogP contribution >= 0.6 is 0 Å². The number of hydrazone groups is 1. The van der Waals surface area contributed by atoms with Crippen molar-refractivity contribution in [3.05, 3.63) is 89.5 Å². The molecule has 8 nitrogen and oxygen atoms in total. The fourth-order valence-electron chi connectivity index (χ4n) is 3.11. The van der Waals surface area contributed by atoms with Crippen molar-refractivity contribution in [3.8, 4) is 5.75 Å². The number of rotatable bonds is 9. The van der Waals surface area contributed by atoms with E-state index in [0.29, 0.717) is 22.7 Å². The largest absolute Gasteiger partial charge is 0.483 e. The molecule has 0 aromatic heterocycles. The molecule has 3 rings (SSSR count). The maximum Gasteiger partial charge on any atom is 0.329 e. The topological polar surface area (TPSA) is 109 Å². The van der Waals surface area contributed by atoms with E-state index < -0.39 is 11.8 Å². The van der Waals surface area contributed by atoms with Crippen molar-refractivity contribution in [2.75, 3.05) is 17.2 Å². The van der Waals surface area contributed by atoms with E-state index in [1.165, 1.54) is 11.8 Å². The molecule has 0 saturated heterocycles. The summed E-state index contributed by atoms with van der Waals surface area (Å²) in [6.07, 6.45) is 3.15. The van der Waals surface area contributed by atoms with Crippen LogP contribution in [0.5, 0.6) is 5.75 Å². The lowest BCUT2D eigenvalue weighted by atomic mass is 10.1. The van der Waals surface area contributed by atoms with E-state index in [4.69, 9.17) is 4.74 Å². The highest BCUT2D eigenvalue weighted by Crippen LogP contribution is 2.16. The lowest BCUT2D eigenvalue weighted by Crippen LogP contribution is -2.32. The van der Waals surface area contributed by atoms with Crippen LogP contribution in [-0.2, 0) is 27.2 Å². The van der Waals surface area contributed by atoms with Crippen molar-refractivity contribution in [1.29, 1.82) is 0 Å². The second kappa shape index (κ2) is 12.7. The van der Waals surface area contributed by atoms with E-state index >= 15 is 0 Å². The first-order valence-electron chi connectivity index (χ1n) is 11.3. The third-order valence-electron chi connectivity index (χ3n) is 5.12. The lowest BCUT2D eigenvalue weighted by molar-refractivity contribution is -0.136. The monoisotopic (exact) mass is 472 g/mol. The van der Waals surface area contributed by atoms with Gasteiger partial charge in [-0.2, -0.15) is 5.10 Å². The zero-order valence-corrected chi connectivity index (χ0v) is 19.7. The van der Waals surface area contributed by atoms with Crippen LogP contribution in [0.2, 0.25) is 0 Å². The van der Waals surface area contributed by atoms with E-state index in [2.05, 4.69) is 28.1 Å². The third kappa shape index (κ3) is 7.82. The van der Waals surface area contributed by atoms with Crippen LogP contribution in [0.3, 0.4) is 0 Å². The van der Waals surface area contributed by atoms with Gasteiger partial charge in [0.1, 0.15) is 5.75 Å². The van der Waals surface area contributed by atoms with Gasteiger partial charge in [-0.05, 0) is 60.4 Å². The minimum atomic E-state index is -0.910. The van der Waals surface area contributed by atoms with Crippen LogP contribution in [0, 0.1) is 0 Å². The number of para-hydroxylation sites is 1. The predicted molar refractivity (Wildman–Crippen MR) is 137 cm³/mol. The van der Waals surface area contributed by atoms with Gasteiger partial charge < -0.3 is 15.4 Å². The van der Waals surface area contributed by atoms with Crippen molar-refractivity contribution in [2.45, 2.75) is 26.7 Å². The number of nitrogens with zero attached hydrogens (tertiary/aromatic N) is 1. The number of hydrogen-bond donors (Lipinski definition) is 3. The smallest absolute Gasteiger partial charge is 0.329 e. The first-order valence-corrected chi connectivity index (χ1v) is 11.3. The SMILES string of the molecule is CCc1ccc(NC(=O)COc2ccccc2/C=N\NC(=O)C(=O)Nc2ccc(CC)cc2)cc1. The Labute approximate surface area is 204 Å². The fraction of sp³-hybridized carbons (Fsp3) is 0.185. The molecule has 0 fully saturated rings. The molecular weight excluding hydrogens is 444 g/mol. The molecule has 3 aromatic carbocycles. The summed E-state index contributed by atoms with van der Waals surface area (Å²) in [6, 6.07) is 21.7. The summed E-state index contributed by atoms with van der Waals surface area (Å²) < 4.78 is 5.62. The molecule has 0 saturated carbocycles. The van der Waals surface area contributed by atoms with Crippen LogP contribution in [0.4, 0.5) is 11.4 Å². The normalized spacial score (nSPS) is 10.6. The van der Waals surface area contributed by atoms with Crippen molar-refractivity contribution in [3.63, 3.8) is 0 Å². The Morgan fingerprint density at radius 1 is 0.771 bits per heavy atom. The highest BCUT2D eigenvalue weighted by atomic mass is 16.5. The zero-order chi connectivity index (χ0) is 25.0. The summed E-state index contributed by atoms with van der Waals surface area (Å²) in [5.41, 5.74) is 6.24. The summed E-state index contributed by atoms with van der Waals surface area (Å²) >= 11 is 0. The average molecular weight is 473 g/mol. The Kier molecular flexibility index (Phi) is 9.13. The van der Waals surface area contributed by atoms with Crippen LogP contribution in [0.15, 0.2) is 77.9 Å². The molecule has 0 aliphatic heterocycles. The van der Waals surface area contributed by atoms with Gasteiger partial charge in [0, 0.05) is 16.9 Å². The first-order chi connectivity index (χ1) is 17.0. The van der Waals surface area contributed by atoms with Gasteiger partial charge in [-0.15, -0.1) is 0 Å². The van der Waals surface area contributed by atoms with Gasteiger partial charge >= 0.3 is 11.8 Å². The van der Waals surface area contributed by atoms with E-state index in [1.54, 1.807) is 36.4 Å². The van der Waals surface area contributed by atoms with Gasteiger partial charge in [0.15, 0.2) is 6.61 Å². The van der Waals surface area contributed by atoms with Gasteiger partial charge in [-0.1, -0.05) is 50.2 Å². The van der Waals surface area contributed by atoms with E-state index in [1.807, 2.05) is 43.3 Å². The van der Waals surface area contributed by atoms with Gasteiger partial charge in [-0.3, -0.25) is 14.4 Å². The van der Waals surface area contributed by atoms with Crippen molar-refractivity contribution in [1.82, 2.24) is 5.43 Å². The number of hydrogen-bond acceptors (Lipinski definition) is 5. The van der Waals surface area contributed by atoms with E-state index in [0.717, 1.165) is 18.4 Å². The summed E-state index contributed by atoms with van der Waals surface area (Å²) in [6.45, 7) is 3.89. The molecule has 35 heavy (non-hydrogen) atoms. The lowest BCUT2D eigenvalue weighted by Gasteiger charge is -2.10. The number of benzene rings is 3. The van der Waals surface area contributed by atoms with Crippen LogP contribution in [-0.4, -0.2) is 30.5 Å². The van der Waals surface area contributed by atoms with Crippen LogP contribution in [0.1, 0.15) is 30.5 Å². The van der Waals surface area contributed by atoms with E-state index in [9.17, 15) is 14.4 Å². The average Bonchev–Trinajstić information content (AvgIpc) is 2.89. The number of carbonyl (C=O) groups excluding carboxylic acids is 3. The molecule has 0 aliphatic carbocycles. The summed E-state index contributed by atoms with van der Waals surface area (Å²) in [7, 11) is 0. The minimum absolute atomic E-state index is 0.202. The quantitative estimate of drug-likeness (QED) is 0.249. The van der Waals surface area contributed by atoms with Gasteiger partial charge in [-0.25, -0.2) is 5.43 Å². The van der Waals surface area contributed by atoms with Gasteiger partial charge in [0.2, 0.25) is 0 Å². The van der Waals surface area contributed by atoms with Crippen molar-refractivity contribution >= 4 is 35.3 Å². The maximum atomic E-state index is 12.2. The number of aryl methyl sites for hydroxylation is 2. The molecule has 0 unspecified atom stereocenters. The third-order valence-corrected chi connectivity index (χ3v) is 5.12. The van der Waals surface area contributed by atoms with Crippen LogP contribution in [0.25, 0.3) is 0 Å². The molecular formula is C27H28N4O4. The number of nitrogens with one attached hydrogen (secondary N) is 3. The minimum Gasteiger partial charge on any atom is -0.483 e. The fourth-order valence-corrected chi connectivity index (χ4v) is 3.11. The van der Waals surface area contributed by atoms with E-state index in [-0.39, 0.29) is 12.5 Å². The molecule has 0 bridgehead atoms. The highest BCUT2D eigenvalue weighted by molar-refractivity contribution is 6.39.